The molecule has 0 saturated heterocycles. The van der Waals surface area contributed by atoms with E-state index in [4.69, 9.17) is 4.74 Å². The summed E-state index contributed by atoms with van der Waals surface area (Å²) in [6.45, 7) is 6.28. The van der Waals surface area contributed by atoms with E-state index in [1.54, 1.807) is 0 Å². The van der Waals surface area contributed by atoms with E-state index in [1.165, 1.54) is 12.8 Å². The minimum absolute atomic E-state index is 0.532. The van der Waals surface area contributed by atoms with Gasteiger partial charge in [0.15, 0.2) is 0 Å². The number of anilines is 1. The Bertz CT molecular complexity index is 413. The van der Waals surface area contributed by atoms with Crippen LogP contribution in [0.2, 0.25) is 0 Å². The van der Waals surface area contributed by atoms with Gasteiger partial charge in [0.2, 0.25) is 5.88 Å². The molecular weight excluding hydrogens is 214 g/mol. The lowest BCUT2D eigenvalue weighted by Gasteiger charge is -2.12. The quantitative estimate of drug-likeness (QED) is 0.606. The molecule has 92 valence electrons. The highest BCUT2D eigenvalue weighted by atomic mass is 16.5. The minimum Gasteiger partial charge on any atom is -0.477 e. The van der Waals surface area contributed by atoms with Crippen molar-refractivity contribution in [3.63, 3.8) is 0 Å². The van der Waals surface area contributed by atoms with Gasteiger partial charge in [-0.3, -0.25) is 0 Å². The van der Waals surface area contributed by atoms with Gasteiger partial charge in [0.1, 0.15) is 11.6 Å². The molecular formula is C13H19N3O. The SMILES string of the molecule is C=CCCOc1nc(C2CC2)nc(NC)c1C. The molecule has 0 unspecified atom stereocenters. The maximum atomic E-state index is 5.68. The summed E-state index contributed by atoms with van der Waals surface area (Å²) >= 11 is 0. The van der Waals surface area contributed by atoms with Crippen LogP contribution in [0.1, 0.15) is 36.6 Å². The average Bonchev–Trinajstić information content (AvgIpc) is 3.15. The third-order valence-corrected chi connectivity index (χ3v) is 2.86. The molecule has 0 spiro atoms. The summed E-state index contributed by atoms with van der Waals surface area (Å²) in [7, 11) is 1.87. The zero-order valence-corrected chi connectivity index (χ0v) is 10.5. The normalized spacial score (nSPS) is 14.5. The summed E-state index contributed by atoms with van der Waals surface area (Å²) in [5, 5.41) is 3.10. The van der Waals surface area contributed by atoms with Gasteiger partial charge in [-0.1, -0.05) is 6.08 Å². The van der Waals surface area contributed by atoms with Crippen molar-refractivity contribution < 1.29 is 4.74 Å². The molecule has 0 bridgehead atoms. The van der Waals surface area contributed by atoms with Crippen LogP contribution in [0, 0.1) is 6.92 Å². The van der Waals surface area contributed by atoms with E-state index >= 15 is 0 Å². The fourth-order valence-electron chi connectivity index (χ4n) is 1.66. The van der Waals surface area contributed by atoms with Crippen molar-refractivity contribution in [2.75, 3.05) is 19.0 Å². The molecule has 4 heteroatoms. The third kappa shape index (κ3) is 2.75. The number of nitrogens with one attached hydrogen (secondary N) is 1. The summed E-state index contributed by atoms with van der Waals surface area (Å²) < 4.78 is 5.68. The van der Waals surface area contributed by atoms with Crippen LogP contribution in [-0.4, -0.2) is 23.6 Å². The van der Waals surface area contributed by atoms with Crippen LogP contribution in [0.3, 0.4) is 0 Å². The highest BCUT2D eigenvalue weighted by molar-refractivity contribution is 5.48. The highest BCUT2D eigenvalue weighted by Gasteiger charge is 2.28. The number of hydrogen-bond donors (Lipinski definition) is 1. The maximum Gasteiger partial charge on any atom is 0.221 e. The van der Waals surface area contributed by atoms with Crippen molar-refractivity contribution in [2.24, 2.45) is 0 Å². The molecule has 1 fully saturated rings. The van der Waals surface area contributed by atoms with Crippen LogP contribution in [0.25, 0.3) is 0 Å². The van der Waals surface area contributed by atoms with Crippen molar-refractivity contribution in [1.82, 2.24) is 9.97 Å². The average molecular weight is 233 g/mol. The van der Waals surface area contributed by atoms with E-state index < -0.39 is 0 Å². The second-order valence-electron chi connectivity index (χ2n) is 4.31. The van der Waals surface area contributed by atoms with Gasteiger partial charge in [-0.2, -0.15) is 4.98 Å². The van der Waals surface area contributed by atoms with Crippen molar-refractivity contribution in [1.29, 1.82) is 0 Å². The summed E-state index contributed by atoms with van der Waals surface area (Å²) in [6, 6.07) is 0. The van der Waals surface area contributed by atoms with Gasteiger partial charge in [0.05, 0.1) is 12.2 Å². The molecule has 1 aliphatic carbocycles. The third-order valence-electron chi connectivity index (χ3n) is 2.86. The summed E-state index contributed by atoms with van der Waals surface area (Å²) in [6.07, 6.45) is 5.06. The first-order valence-electron chi connectivity index (χ1n) is 6.06. The van der Waals surface area contributed by atoms with E-state index in [2.05, 4.69) is 21.9 Å². The molecule has 1 heterocycles. The number of aromatic nitrogens is 2. The van der Waals surface area contributed by atoms with Crippen LogP contribution < -0.4 is 10.1 Å². The van der Waals surface area contributed by atoms with Crippen LogP contribution in [-0.2, 0) is 0 Å². The van der Waals surface area contributed by atoms with Gasteiger partial charge < -0.3 is 10.1 Å². The molecule has 0 aromatic carbocycles. The predicted molar refractivity (Wildman–Crippen MR) is 68.6 cm³/mol. The molecule has 4 nitrogen and oxygen atoms in total. The lowest BCUT2D eigenvalue weighted by molar-refractivity contribution is 0.308. The Labute approximate surface area is 102 Å². The Morgan fingerprint density at radius 1 is 1.47 bits per heavy atom. The van der Waals surface area contributed by atoms with E-state index in [0.29, 0.717) is 18.4 Å². The van der Waals surface area contributed by atoms with Crippen molar-refractivity contribution in [2.45, 2.75) is 32.1 Å². The van der Waals surface area contributed by atoms with Crippen LogP contribution in [0.4, 0.5) is 5.82 Å². The first kappa shape index (κ1) is 11.9. The zero-order valence-electron chi connectivity index (χ0n) is 10.5. The summed E-state index contributed by atoms with van der Waals surface area (Å²) in [4.78, 5) is 9.03. The summed E-state index contributed by atoms with van der Waals surface area (Å²) in [5.74, 6) is 3.02. The van der Waals surface area contributed by atoms with Gasteiger partial charge in [0, 0.05) is 13.0 Å². The molecule has 1 aliphatic rings. The van der Waals surface area contributed by atoms with E-state index in [1.807, 2.05) is 20.0 Å². The fourth-order valence-corrected chi connectivity index (χ4v) is 1.66. The molecule has 0 amide bonds. The monoisotopic (exact) mass is 233 g/mol. The lowest BCUT2D eigenvalue weighted by Crippen LogP contribution is -2.07. The molecule has 1 aromatic rings. The Morgan fingerprint density at radius 2 is 2.24 bits per heavy atom. The van der Waals surface area contributed by atoms with E-state index in [-0.39, 0.29) is 0 Å². The second-order valence-corrected chi connectivity index (χ2v) is 4.31. The molecule has 1 N–H and O–H groups in total. The topological polar surface area (TPSA) is 47.0 Å². The van der Waals surface area contributed by atoms with E-state index in [9.17, 15) is 0 Å². The first-order chi connectivity index (χ1) is 8.26. The molecule has 0 atom stereocenters. The Hall–Kier alpha value is -1.58. The van der Waals surface area contributed by atoms with Crippen LogP contribution in [0.15, 0.2) is 12.7 Å². The molecule has 1 aromatic heterocycles. The van der Waals surface area contributed by atoms with Crippen LogP contribution in [0.5, 0.6) is 5.88 Å². The largest absolute Gasteiger partial charge is 0.477 e. The predicted octanol–water partition coefficient (Wildman–Crippen LogP) is 2.66. The van der Waals surface area contributed by atoms with Crippen molar-refractivity contribution >= 4 is 5.82 Å². The van der Waals surface area contributed by atoms with Crippen molar-refractivity contribution in [3.8, 4) is 5.88 Å². The Kier molecular flexibility index (Phi) is 3.61. The van der Waals surface area contributed by atoms with Gasteiger partial charge in [-0.05, 0) is 26.2 Å². The van der Waals surface area contributed by atoms with Gasteiger partial charge in [0.25, 0.3) is 0 Å². The minimum atomic E-state index is 0.532. The van der Waals surface area contributed by atoms with E-state index in [0.717, 1.165) is 23.6 Å². The highest BCUT2D eigenvalue weighted by Crippen LogP contribution is 2.39. The van der Waals surface area contributed by atoms with Crippen molar-refractivity contribution in [3.05, 3.63) is 24.0 Å². The number of ether oxygens (including phenoxy) is 1. The Balaban J connectivity index is 2.21. The van der Waals surface area contributed by atoms with Crippen LogP contribution >= 0.6 is 0 Å². The number of nitrogens with zero attached hydrogens (tertiary/aromatic N) is 2. The zero-order chi connectivity index (χ0) is 12.3. The molecule has 0 radical (unpaired) electrons. The smallest absolute Gasteiger partial charge is 0.221 e. The number of hydrogen-bond acceptors (Lipinski definition) is 4. The Morgan fingerprint density at radius 3 is 2.82 bits per heavy atom. The maximum absolute atomic E-state index is 5.68. The van der Waals surface area contributed by atoms with Gasteiger partial charge >= 0.3 is 0 Å². The van der Waals surface area contributed by atoms with Gasteiger partial charge in [-0.15, -0.1) is 6.58 Å². The second kappa shape index (κ2) is 5.17. The standard InChI is InChI=1S/C13H19N3O/c1-4-5-8-17-13-9(2)11(14-3)15-12(16-13)10-6-7-10/h4,10H,1,5-8H2,2-3H3,(H,14,15,16). The first-order valence-corrected chi connectivity index (χ1v) is 6.06. The van der Waals surface area contributed by atoms with Gasteiger partial charge in [-0.25, -0.2) is 4.98 Å². The summed E-state index contributed by atoms with van der Waals surface area (Å²) in [5.41, 5.74) is 0.973. The molecule has 0 aliphatic heterocycles. The lowest BCUT2D eigenvalue weighted by atomic mass is 10.3. The molecule has 1 saturated carbocycles. The molecule has 2 rings (SSSR count). The number of rotatable bonds is 6. The molecule has 17 heavy (non-hydrogen) atoms. The fraction of sp³-hybridized carbons (Fsp3) is 0.538.